The first-order chi connectivity index (χ1) is 8.95. The Morgan fingerprint density at radius 2 is 1.63 bits per heavy atom. The highest BCUT2D eigenvalue weighted by Gasteiger charge is 2.33. The molecule has 0 aromatic carbocycles. The number of aliphatic hydroxyl groups is 1. The zero-order valence-electron chi connectivity index (χ0n) is 11.8. The number of piperazine rings is 1. The van der Waals surface area contributed by atoms with Crippen molar-refractivity contribution in [3.8, 4) is 0 Å². The summed E-state index contributed by atoms with van der Waals surface area (Å²) in [5, 5.41) is 10.5. The van der Waals surface area contributed by atoms with Gasteiger partial charge in [-0.05, 0) is 19.8 Å². The molecule has 2 rings (SSSR count). The highest BCUT2D eigenvalue weighted by Crippen LogP contribution is 2.29. The number of hydrogen-bond donors (Lipinski definition) is 1. The van der Waals surface area contributed by atoms with Crippen LogP contribution in [0.3, 0.4) is 0 Å². The average Bonchev–Trinajstić information content (AvgIpc) is 2.40. The van der Waals surface area contributed by atoms with Crippen molar-refractivity contribution in [1.82, 2.24) is 9.21 Å². The predicted molar refractivity (Wildman–Crippen MR) is 75.5 cm³/mol. The van der Waals surface area contributed by atoms with Crippen LogP contribution in [0.2, 0.25) is 0 Å². The second kappa shape index (κ2) is 6.08. The lowest BCUT2D eigenvalue weighted by atomic mass is 9.84. The number of sulfonamides is 1. The van der Waals surface area contributed by atoms with Gasteiger partial charge < -0.3 is 5.11 Å². The third-order valence-electron chi connectivity index (χ3n) is 4.39. The predicted octanol–water partition coefficient (Wildman–Crippen LogP) is 0.649. The van der Waals surface area contributed by atoms with Crippen LogP contribution >= 0.6 is 0 Å². The molecule has 0 aromatic rings. The Bertz CT molecular complexity index is 383. The van der Waals surface area contributed by atoms with E-state index in [0.29, 0.717) is 19.6 Å². The van der Waals surface area contributed by atoms with Crippen molar-refractivity contribution in [2.45, 2.75) is 44.6 Å². The summed E-state index contributed by atoms with van der Waals surface area (Å²) in [5.74, 6) is 0.178. The fourth-order valence-electron chi connectivity index (χ4n) is 3.13. The molecular weight excluding hydrogens is 264 g/mol. The van der Waals surface area contributed by atoms with Crippen LogP contribution in [0, 0.1) is 0 Å². The van der Waals surface area contributed by atoms with Crippen molar-refractivity contribution < 1.29 is 13.5 Å². The first-order valence-corrected chi connectivity index (χ1v) is 8.99. The minimum atomic E-state index is -3.05. The normalized spacial score (nSPS) is 26.4. The Hall–Kier alpha value is -0.170. The monoisotopic (exact) mass is 290 g/mol. The van der Waals surface area contributed by atoms with Gasteiger partial charge in [0.25, 0.3) is 0 Å². The third kappa shape index (κ3) is 3.90. The Balaban J connectivity index is 1.83. The van der Waals surface area contributed by atoms with Gasteiger partial charge in [-0.1, -0.05) is 19.3 Å². The first kappa shape index (κ1) is 15.2. The van der Waals surface area contributed by atoms with Gasteiger partial charge in [-0.25, -0.2) is 8.42 Å². The lowest BCUT2D eigenvalue weighted by molar-refractivity contribution is -0.0315. The van der Waals surface area contributed by atoms with Crippen LogP contribution in [0.1, 0.15) is 39.0 Å². The molecule has 0 bridgehead atoms. The van der Waals surface area contributed by atoms with Crippen LogP contribution in [-0.2, 0) is 10.0 Å². The molecule has 1 saturated heterocycles. The van der Waals surface area contributed by atoms with Gasteiger partial charge in [-0.15, -0.1) is 0 Å². The summed E-state index contributed by atoms with van der Waals surface area (Å²) in [6.45, 7) is 4.99. The molecule has 19 heavy (non-hydrogen) atoms. The second-order valence-electron chi connectivity index (χ2n) is 5.86. The standard InChI is InChI=1S/C13H26N2O3S/c1-2-19(17,18)15-10-8-14(9-11-15)12-13(16)6-4-3-5-7-13/h16H,2-12H2,1H3. The summed E-state index contributed by atoms with van der Waals surface area (Å²) in [7, 11) is -3.05. The van der Waals surface area contributed by atoms with E-state index in [4.69, 9.17) is 0 Å². The van der Waals surface area contributed by atoms with Gasteiger partial charge in [0.05, 0.1) is 11.4 Å². The zero-order valence-corrected chi connectivity index (χ0v) is 12.7. The fourth-order valence-corrected chi connectivity index (χ4v) is 4.22. The van der Waals surface area contributed by atoms with Crippen molar-refractivity contribution >= 4 is 10.0 Å². The van der Waals surface area contributed by atoms with Gasteiger partial charge >= 0.3 is 0 Å². The van der Waals surface area contributed by atoms with Crippen molar-refractivity contribution in [2.24, 2.45) is 0 Å². The summed E-state index contributed by atoms with van der Waals surface area (Å²) in [6, 6.07) is 0. The molecule has 0 aromatic heterocycles. The topological polar surface area (TPSA) is 60.9 Å². The SMILES string of the molecule is CCS(=O)(=O)N1CCN(CC2(O)CCCCC2)CC1. The van der Waals surface area contributed by atoms with Gasteiger partial charge in [-0.2, -0.15) is 4.31 Å². The molecule has 2 aliphatic rings. The van der Waals surface area contributed by atoms with Crippen LogP contribution in [0.5, 0.6) is 0 Å². The summed E-state index contributed by atoms with van der Waals surface area (Å²) < 4.78 is 25.1. The summed E-state index contributed by atoms with van der Waals surface area (Å²) >= 11 is 0. The average molecular weight is 290 g/mol. The van der Waals surface area contributed by atoms with Crippen molar-refractivity contribution in [1.29, 1.82) is 0 Å². The second-order valence-corrected chi connectivity index (χ2v) is 8.12. The smallest absolute Gasteiger partial charge is 0.213 e. The van der Waals surface area contributed by atoms with Gasteiger partial charge in [-0.3, -0.25) is 4.90 Å². The third-order valence-corrected chi connectivity index (χ3v) is 6.27. The van der Waals surface area contributed by atoms with E-state index < -0.39 is 15.6 Å². The minimum absolute atomic E-state index is 0.178. The van der Waals surface area contributed by atoms with Crippen LogP contribution in [0.4, 0.5) is 0 Å². The van der Waals surface area contributed by atoms with Crippen LogP contribution in [0.15, 0.2) is 0 Å². The summed E-state index contributed by atoms with van der Waals surface area (Å²) in [4.78, 5) is 2.22. The van der Waals surface area contributed by atoms with E-state index in [1.807, 2.05) is 0 Å². The van der Waals surface area contributed by atoms with E-state index in [-0.39, 0.29) is 5.75 Å². The number of β-amino-alcohol motifs (C(OH)–C–C–N with tert-alkyl or cyclic N) is 1. The van der Waals surface area contributed by atoms with Gasteiger partial charge in [0.15, 0.2) is 0 Å². The van der Waals surface area contributed by atoms with E-state index in [9.17, 15) is 13.5 Å². The minimum Gasteiger partial charge on any atom is -0.389 e. The number of nitrogens with zero attached hydrogens (tertiary/aromatic N) is 2. The van der Waals surface area contributed by atoms with Gasteiger partial charge in [0.2, 0.25) is 10.0 Å². The Morgan fingerprint density at radius 3 is 2.16 bits per heavy atom. The van der Waals surface area contributed by atoms with E-state index in [2.05, 4.69) is 4.90 Å². The summed E-state index contributed by atoms with van der Waals surface area (Å²) in [6.07, 6.45) is 5.23. The lowest BCUT2D eigenvalue weighted by Gasteiger charge is -2.40. The summed E-state index contributed by atoms with van der Waals surface area (Å²) in [5.41, 5.74) is -0.538. The Labute approximate surface area is 116 Å². The van der Waals surface area contributed by atoms with Crippen molar-refractivity contribution in [3.05, 3.63) is 0 Å². The van der Waals surface area contributed by atoms with Gasteiger partial charge in [0, 0.05) is 32.7 Å². The molecular formula is C13H26N2O3S. The van der Waals surface area contributed by atoms with Crippen LogP contribution < -0.4 is 0 Å². The molecule has 0 amide bonds. The van der Waals surface area contributed by atoms with Crippen LogP contribution in [-0.4, -0.2) is 66.8 Å². The molecule has 5 nitrogen and oxygen atoms in total. The largest absolute Gasteiger partial charge is 0.389 e. The van der Waals surface area contributed by atoms with Crippen molar-refractivity contribution in [2.75, 3.05) is 38.5 Å². The molecule has 0 radical (unpaired) electrons. The molecule has 0 unspecified atom stereocenters. The highest BCUT2D eigenvalue weighted by molar-refractivity contribution is 7.89. The number of rotatable bonds is 4. The van der Waals surface area contributed by atoms with E-state index in [0.717, 1.165) is 38.8 Å². The molecule has 1 saturated carbocycles. The molecule has 0 spiro atoms. The van der Waals surface area contributed by atoms with Crippen molar-refractivity contribution in [3.63, 3.8) is 0 Å². The molecule has 112 valence electrons. The maximum atomic E-state index is 11.8. The molecule has 2 fully saturated rings. The molecule has 1 heterocycles. The molecule has 1 aliphatic carbocycles. The maximum Gasteiger partial charge on any atom is 0.213 e. The zero-order chi connectivity index (χ0) is 13.9. The van der Waals surface area contributed by atoms with Crippen LogP contribution in [0.25, 0.3) is 0 Å². The van der Waals surface area contributed by atoms with Gasteiger partial charge in [0.1, 0.15) is 0 Å². The quantitative estimate of drug-likeness (QED) is 0.826. The molecule has 0 atom stereocenters. The first-order valence-electron chi connectivity index (χ1n) is 7.38. The van der Waals surface area contributed by atoms with E-state index in [1.54, 1.807) is 11.2 Å². The van der Waals surface area contributed by atoms with E-state index in [1.165, 1.54) is 6.42 Å². The number of hydrogen-bond acceptors (Lipinski definition) is 4. The van der Waals surface area contributed by atoms with E-state index >= 15 is 0 Å². The highest BCUT2D eigenvalue weighted by atomic mass is 32.2. The lowest BCUT2D eigenvalue weighted by Crippen LogP contribution is -2.53. The Kier molecular flexibility index (Phi) is 4.87. The molecule has 6 heteroatoms. The maximum absolute atomic E-state index is 11.8. The molecule has 1 N–H and O–H groups in total. The fraction of sp³-hybridized carbons (Fsp3) is 1.00. The Morgan fingerprint density at radius 1 is 1.05 bits per heavy atom. The molecule has 1 aliphatic heterocycles.